The zero-order valence-electron chi connectivity index (χ0n) is 15.1. The van der Waals surface area contributed by atoms with Crippen LogP contribution >= 0.6 is 0 Å². The first-order valence-electron chi connectivity index (χ1n) is 9.23. The first kappa shape index (κ1) is 17.9. The number of benzene rings is 1. The molecule has 2 N–H and O–H groups in total. The number of hydrogen-bond donors (Lipinski definition) is 2. The molecule has 0 bridgehead atoms. The highest BCUT2D eigenvalue weighted by molar-refractivity contribution is 5.88. The molecular weight excluding hydrogens is 354 g/mol. The number of aromatic nitrogens is 2. The van der Waals surface area contributed by atoms with Crippen LogP contribution in [0.2, 0.25) is 0 Å². The van der Waals surface area contributed by atoms with Gasteiger partial charge in [0.15, 0.2) is 0 Å². The van der Waals surface area contributed by atoms with Gasteiger partial charge in [-0.15, -0.1) is 10.2 Å². The number of nitrogens with zero attached hydrogens (tertiary/aromatic N) is 2. The number of nitrogens with one attached hydrogen (secondary N) is 2. The molecule has 1 aromatic heterocycles. The molecule has 1 amide bonds. The summed E-state index contributed by atoms with van der Waals surface area (Å²) >= 11 is 0. The molecule has 8 heteroatoms. The van der Waals surface area contributed by atoms with E-state index >= 15 is 0 Å². The number of carbonyl (C=O) groups is 1. The highest BCUT2D eigenvalue weighted by atomic mass is 19.3. The van der Waals surface area contributed by atoms with Crippen molar-refractivity contribution in [1.82, 2.24) is 15.5 Å². The Kier molecular flexibility index (Phi) is 4.36. The van der Waals surface area contributed by atoms with Crippen LogP contribution in [0.5, 0.6) is 0 Å². The molecule has 1 aliphatic carbocycles. The van der Waals surface area contributed by atoms with Crippen molar-refractivity contribution in [2.45, 2.75) is 56.4 Å². The molecule has 0 spiro atoms. The first-order valence-corrected chi connectivity index (χ1v) is 9.23. The smallest absolute Gasteiger partial charge is 0.249 e. The Balaban J connectivity index is 1.56. The minimum absolute atomic E-state index is 0.0219. The van der Waals surface area contributed by atoms with Crippen LogP contribution in [0.15, 0.2) is 28.7 Å². The lowest BCUT2D eigenvalue weighted by Gasteiger charge is -2.29. The summed E-state index contributed by atoms with van der Waals surface area (Å²) in [5.41, 5.74) is 0.655. The average molecular weight is 376 g/mol. The van der Waals surface area contributed by atoms with Gasteiger partial charge in [0, 0.05) is 31.1 Å². The second-order valence-electron chi connectivity index (χ2n) is 7.57. The molecule has 6 nitrogen and oxygen atoms in total. The second kappa shape index (κ2) is 6.58. The van der Waals surface area contributed by atoms with E-state index in [-0.39, 0.29) is 24.8 Å². The van der Waals surface area contributed by atoms with Crippen LogP contribution in [-0.2, 0) is 10.2 Å². The van der Waals surface area contributed by atoms with Crippen molar-refractivity contribution in [2.75, 3.05) is 11.9 Å². The highest BCUT2D eigenvalue weighted by Gasteiger charge is 2.44. The maximum absolute atomic E-state index is 13.4. The number of anilines is 1. The summed E-state index contributed by atoms with van der Waals surface area (Å²) in [6.07, 6.45) is 1.21. The maximum Gasteiger partial charge on any atom is 0.249 e. The van der Waals surface area contributed by atoms with Crippen molar-refractivity contribution >= 4 is 11.6 Å². The lowest BCUT2D eigenvalue weighted by Crippen LogP contribution is -2.32. The average Bonchev–Trinajstić information content (AvgIpc) is 3.26. The minimum Gasteiger partial charge on any atom is -0.419 e. The summed E-state index contributed by atoms with van der Waals surface area (Å²) in [6, 6.07) is 7.41. The van der Waals surface area contributed by atoms with Gasteiger partial charge in [-0.05, 0) is 38.3 Å². The van der Waals surface area contributed by atoms with E-state index < -0.39 is 11.3 Å². The Bertz CT molecular complexity index is 844. The molecular formula is C19H22F2N4O2. The van der Waals surface area contributed by atoms with E-state index in [2.05, 4.69) is 20.8 Å². The fourth-order valence-electron chi connectivity index (χ4n) is 3.69. The summed E-state index contributed by atoms with van der Waals surface area (Å²) in [6.45, 7) is 2.37. The van der Waals surface area contributed by atoms with Crippen molar-refractivity contribution in [3.8, 4) is 11.5 Å². The van der Waals surface area contributed by atoms with Gasteiger partial charge in [0.1, 0.15) is 5.41 Å². The quantitative estimate of drug-likeness (QED) is 0.854. The largest absolute Gasteiger partial charge is 0.419 e. The second-order valence-corrected chi connectivity index (χ2v) is 7.57. The van der Waals surface area contributed by atoms with E-state index in [4.69, 9.17) is 4.42 Å². The van der Waals surface area contributed by atoms with Gasteiger partial charge >= 0.3 is 0 Å². The number of rotatable bonds is 4. The van der Waals surface area contributed by atoms with Crippen LogP contribution in [0.1, 0.15) is 44.9 Å². The Morgan fingerprint density at radius 2 is 1.93 bits per heavy atom. The Morgan fingerprint density at radius 3 is 2.63 bits per heavy atom. The third-order valence-corrected chi connectivity index (χ3v) is 5.54. The van der Waals surface area contributed by atoms with Gasteiger partial charge < -0.3 is 15.1 Å². The van der Waals surface area contributed by atoms with Crippen LogP contribution < -0.4 is 10.6 Å². The minimum atomic E-state index is -2.56. The fourth-order valence-corrected chi connectivity index (χ4v) is 3.69. The van der Waals surface area contributed by atoms with Crippen LogP contribution in [0.3, 0.4) is 0 Å². The van der Waals surface area contributed by atoms with E-state index in [0.29, 0.717) is 43.2 Å². The van der Waals surface area contributed by atoms with E-state index in [1.165, 1.54) is 0 Å². The summed E-state index contributed by atoms with van der Waals surface area (Å²) in [4.78, 5) is 12.1. The topological polar surface area (TPSA) is 80.1 Å². The first-order chi connectivity index (χ1) is 12.9. The molecule has 1 atom stereocenters. The monoisotopic (exact) mass is 376 g/mol. The Hall–Kier alpha value is -2.51. The SMILES string of the molecule is CC1(c2nnc(-c3ccccc3NC3CCC(F)(F)CC3)o2)CCNC1=O. The van der Waals surface area contributed by atoms with Gasteiger partial charge in [-0.2, -0.15) is 0 Å². The summed E-state index contributed by atoms with van der Waals surface area (Å²) in [5, 5.41) is 14.4. The van der Waals surface area contributed by atoms with Crippen LogP contribution in [-0.4, -0.2) is 34.6 Å². The molecule has 2 aromatic rings. The van der Waals surface area contributed by atoms with Crippen molar-refractivity contribution in [1.29, 1.82) is 0 Å². The lowest BCUT2D eigenvalue weighted by atomic mass is 9.89. The Morgan fingerprint density at radius 1 is 1.19 bits per heavy atom. The van der Waals surface area contributed by atoms with E-state index in [1.807, 2.05) is 24.3 Å². The van der Waals surface area contributed by atoms with Gasteiger partial charge in [-0.3, -0.25) is 4.79 Å². The molecule has 144 valence electrons. The van der Waals surface area contributed by atoms with Crippen molar-refractivity contribution in [3.05, 3.63) is 30.2 Å². The zero-order valence-corrected chi connectivity index (χ0v) is 15.1. The lowest BCUT2D eigenvalue weighted by molar-refractivity contribution is -0.124. The molecule has 1 unspecified atom stereocenters. The molecule has 4 rings (SSSR count). The number of carbonyl (C=O) groups excluding carboxylic acids is 1. The predicted octanol–water partition coefficient (Wildman–Crippen LogP) is 3.50. The van der Waals surface area contributed by atoms with Crippen LogP contribution in [0, 0.1) is 0 Å². The van der Waals surface area contributed by atoms with Gasteiger partial charge in [-0.25, -0.2) is 8.78 Å². The van der Waals surface area contributed by atoms with Crippen molar-refractivity contribution in [3.63, 3.8) is 0 Å². The van der Waals surface area contributed by atoms with E-state index in [1.54, 1.807) is 6.92 Å². The summed E-state index contributed by atoms with van der Waals surface area (Å²) in [5.74, 6) is -2.07. The predicted molar refractivity (Wildman–Crippen MR) is 95.5 cm³/mol. The molecule has 2 fully saturated rings. The molecule has 2 heterocycles. The molecule has 1 saturated carbocycles. The van der Waals surface area contributed by atoms with Gasteiger partial charge in [0.2, 0.25) is 23.6 Å². The summed E-state index contributed by atoms with van der Waals surface area (Å²) < 4.78 is 32.6. The number of alkyl halides is 2. The summed E-state index contributed by atoms with van der Waals surface area (Å²) in [7, 11) is 0. The Labute approximate surface area is 155 Å². The van der Waals surface area contributed by atoms with Gasteiger partial charge in [-0.1, -0.05) is 12.1 Å². The van der Waals surface area contributed by atoms with E-state index in [0.717, 1.165) is 5.69 Å². The molecule has 1 aliphatic heterocycles. The van der Waals surface area contributed by atoms with Crippen molar-refractivity contribution in [2.24, 2.45) is 0 Å². The molecule has 27 heavy (non-hydrogen) atoms. The highest BCUT2D eigenvalue weighted by Crippen LogP contribution is 2.37. The van der Waals surface area contributed by atoms with Crippen molar-refractivity contribution < 1.29 is 18.0 Å². The third-order valence-electron chi connectivity index (χ3n) is 5.54. The fraction of sp³-hybridized carbons (Fsp3) is 0.526. The van der Waals surface area contributed by atoms with E-state index in [9.17, 15) is 13.6 Å². The number of amides is 1. The molecule has 1 saturated heterocycles. The number of halogens is 2. The number of para-hydroxylation sites is 1. The molecule has 0 radical (unpaired) electrons. The zero-order chi connectivity index (χ0) is 19.1. The standard InChI is InChI=1S/C19H22F2N4O2/c1-18(10-11-22-16(18)26)17-25-24-15(27-17)13-4-2-3-5-14(13)23-12-6-8-19(20,21)9-7-12/h2-5,12,23H,6-11H2,1H3,(H,22,26). The maximum atomic E-state index is 13.4. The molecule has 1 aromatic carbocycles. The number of hydrogen-bond acceptors (Lipinski definition) is 5. The normalized spacial score (nSPS) is 25.4. The van der Waals surface area contributed by atoms with Crippen LogP contribution in [0.25, 0.3) is 11.5 Å². The van der Waals surface area contributed by atoms with Gasteiger partial charge in [0.25, 0.3) is 0 Å². The molecule has 2 aliphatic rings. The van der Waals surface area contributed by atoms with Crippen LogP contribution in [0.4, 0.5) is 14.5 Å². The third kappa shape index (κ3) is 3.40. The van der Waals surface area contributed by atoms with Gasteiger partial charge in [0.05, 0.1) is 5.56 Å².